The van der Waals surface area contributed by atoms with Gasteiger partial charge in [0, 0.05) is 50.7 Å². The molecule has 4 rings (SSSR count). The van der Waals surface area contributed by atoms with Gasteiger partial charge in [-0.3, -0.25) is 9.78 Å². The summed E-state index contributed by atoms with van der Waals surface area (Å²) in [5.74, 6) is -0.427. The third kappa shape index (κ3) is 6.29. The maximum absolute atomic E-state index is 12.8. The van der Waals surface area contributed by atoms with Crippen LogP contribution in [0.1, 0.15) is 30.4 Å². The predicted molar refractivity (Wildman–Crippen MR) is 141 cm³/mol. The minimum atomic E-state index is -3.44. The van der Waals surface area contributed by atoms with E-state index in [0.29, 0.717) is 11.1 Å². The van der Waals surface area contributed by atoms with Gasteiger partial charge in [0.15, 0.2) is 9.84 Å². The molecule has 8 heteroatoms. The minimum absolute atomic E-state index is 0.0168. The molecule has 2 aromatic carbocycles. The number of hydrogen-bond donors (Lipinski definition) is 0. The predicted octanol–water partition coefficient (Wildman–Crippen LogP) is 4.05. The number of nitrogens with zero attached hydrogens (tertiary/aromatic N) is 4. The molecule has 0 unspecified atom stereocenters. The first-order valence-electron chi connectivity index (χ1n) is 12.1. The van der Waals surface area contributed by atoms with Crippen LogP contribution < -0.4 is 4.90 Å². The van der Waals surface area contributed by atoms with Crippen molar-refractivity contribution in [1.29, 1.82) is 5.26 Å². The zero-order valence-corrected chi connectivity index (χ0v) is 21.2. The standard InChI is InChI=1S/C28H30N4O3S/c1-31(25-12-17-32(18-13-25)26-10-15-30-16-11-26)28(33)14-19-36(34,35)21-22-6-8-23(9-7-22)27-5-3-2-4-24(27)20-29/h2-11,15-16,25H,12-14,17-19,21H2,1H3. The molecule has 0 aliphatic carbocycles. The highest BCUT2D eigenvalue weighted by Crippen LogP contribution is 2.25. The second-order valence-electron chi connectivity index (χ2n) is 9.12. The van der Waals surface area contributed by atoms with Crippen LogP contribution in [0.4, 0.5) is 5.69 Å². The number of sulfone groups is 1. The lowest BCUT2D eigenvalue weighted by atomic mass is 10.00. The summed E-state index contributed by atoms with van der Waals surface area (Å²) in [6.07, 6.45) is 5.23. The molecule has 3 aromatic rings. The van der Waals surface area contributed by atoms with E-state index in [1.807, 2.05) is 42.5 Å². The average molecular weight is 503 g/mol. The normalized spacial score (nSPS) is 14.3. The van der Waals surface area contributed by atoms with Gasteiger partial charge in [-0.15, -0.1) is 0 Å². The zero-order valence-electron chi connectivity index (χ0n) is 20.4. The van der Waals surface area contributed by atoms with Crippen molar-refractivity contribution >= 4 is 21.4 Å². The van der Waals surface area contributed by atoms with Crippen LogP contribution in [0.15, 0.2) is 73.1 Å². The van der Waals surface area contributed by atoms with Gasteiger partial charge in [0.2, 0.25) is 5.91 Å². The lowest BCUT2D eigenvalue weighted by molar-refractivity contribution is -0.131. The molecule has 1 fully saturated rings. The number of carbonyl (C=O) groups is 1. The number of pyridine rings is 1. The number of hydrogen-bond acceptors (Lipinski definition) is 6. The number of anilines is 1. The number of amides is 1. The molecule has 36 heavy (non-hydrogen) atoms. The number of aromatic nitrogens is 1. The van der Waals surface area contributed by atoms with Crippen molar-refractivity contribution in [1.82, 2.24) is 9.88 Å². The Morgan fingerprint density at radius 1 is 1.06 bits per heavy atom. The Labute approximate surface area is 212 Å². The second-order valence-corrected chi connectivity index (χ2v) is 11.3. The van der Waals surface area contributed by atoms with Crippen molar-refractivity contribution in [3.8, 4) is 17.2 Å². The number of rotatable bonds is 8. The van der Waals surface area contributed by atoms with E-state index in [-0.39, 0.29) is 29.9 Å². The molecule has 0 spiro atoms. The van der Waals surface area contributed by atoms with E-state index in [1.165, 1.54) is 0 Å². The lowest BCUT2D eigenvalue weighted by Gasteiger charge is -2.37. The van der Waals surface area contributed by atoms with E-state index in [4.69, 9.17) is 0 Å². The summed E-state index contributed by atoms with van der Waals surface area (Å²) in [5.41, 5.74) is 4.04. The molecule has 1 aromatic heterocycles. The molecule has 1 amide bonds. The maximum Gasteiger partial charge on any atom is 0.223 e. The van der Waals surface area contributed by atoms with E-state index in [9.17, 15) is 18.5 Å². The van der Waals surface area contributed by atoms with E-state index >= 15 is 0 Å². The fourth-order valence-corrected chi connectivity index (χ4v) is 5.96. The Kier molecular flexibility index (Phi) is 8.01. The van der Waals surface area contributed by atoms with E-state index in [1.54, 1.807) is 42.5 Å². The Balaban J connectivity index is 1.28. The van der Waals surface area contributed by atoms with Crippen LogP contribution in [0, 0.1) is 11.3 Å². The summed E-state index contributed by atoms with van der Waals surface area (Å²) in [6, 6.07) is 20.8. The van der Waals surface area contributed by atoms with E-state index < -0.39 is 9.84 Å². The number of benzene rings is 2. The Morgan fingerprint density at radius 2 is 1.72 bits per heavy atom. The molecule has 0 saturated carbocycles. The van der Waals surface area contributed by atoms with Crippen LogP contribution >= 0.6 is 0 Å². The van der Waals surface area contributed by atoms with E-state index in [0.717, 1.165) is 42.7 Å². The van der Waals surface area contributed by atoms with Gasteiger partial charge in [-0.2, -0.15) is 5.26 Å². The highest BCUT2D eigenvalue weighted by molar-refractivity contribution is 7.90. The van der Waals surface area contributed by atoms with Crippen LogP contribution in [0.3, 0.4) is 0 Å². The van der Waals surface area contributed by atoms with Gasteiger partial charge >= 0.3 is 0 Å². The van der Waals surface area contributed by atoms with Crippen LogP contribution in [-0.2, 0) is 20.4 Å². The van der Waals surface area contributed by atoms with Crippen LogP contribution in [0.5, 0.6) is 0 Å². The molecule has 1 saturated heterocycles. The molecule has 7 nitrogen and oxygen atoms in total. The summed E-state index contributed by atoms with van der Waals surface area (Å²) in [7, 11) is -1.67. The first-order valence-corrected chi connectivity index (χ1v) is 13.9. The fourth-order valence-electron chi connectivity index (χ4n) is 4.63. The quantitative estimate of drug-likeness (QED) is 0.461. The molecular formula is C28H30N4O3S. The molecule has 1 aliphatic heterocycles. The molecule has 0 radical (unpaired) electrons. The monoisotopic (exact) mass is 502 g/mol. The number of piperidine rings is 1. The molecule has 0 N–H and O–H groups in total. The zero-order chi connectivity index (χ0) is 25.5. The van der Waals surface area contributed by atoms with E-state index in [2.05, 4.69) is 16.0 Å². The largest absolute Gasteiger partial charge is 0.371 e. The van der Waals surface area contributed by atoms with Crippen molar-refractivity contribution in [2.75, 3.05) is 30.8 Å². The summed E-state index contributed by atoms with van der Waals surface area (Å²) in [5, 5.41) is 9.31. The molecule has 1 aliphatic rings. The van der Waals surface area contributed by atoms with Crippen molar-refractivity contribution in [3.05, 3.63) is 84.2 Å². The second kappa shape index (κ2) is 11.4. The highest BCUT2D eigenvalue weighted by Gasteiger charge is 2.26. The molecule has 2 heterocycles. The Morgan fingerprint density at radius 3 is 2.39 bits per heavy atom. The fraction of sp³-hybridized carbons (Fsp3) is 0.321. The van der Waals surface area contributed by atoms with Crippen molar-refractivity contribution < 1.29 is 13.2 Å². The Bertz CT molecular complexity index is 1330. The van der Waals surface area contributed by atoms with Crippen molar-refractivity contribution in [2.24, 2.45) is 0 Å². The maximum atomic E-state index is 12.8. The minimum Gasteiger partial charge on any atom is -0.371 e. The highest BCUT2D eigenvalue weighted by atomic mass is 32.2. The van der Waals surface area contributed by atoms with Gasteiger partial charge in [0.1, 0.15) is 0 Å². The summed E-state index contributed by atoms with van der Waals surface area (Å²) < 4.78 is 25.5. The summed E-state index contributed by atoms with van der Waals surface area (Å²) in [6.45, 7) is 1.69. The third-order valence-corrected chi connectivity index (χ3v) is 8.36. The van der Waals surface area contributed by atoms with Crippen molar-refractivity contribution in [2.45, 2.75) is 31.1 Å². The SMILES string of the molecule is CN(C(=O)CCS(=O)(=O)Cc1ccc(-c2ccccc2C#N)cc1)C1CCN(c2ccncc2)CC1. The Hall–Kier alpha value is -3.70. The van der Waals surface area contributed by atoms with Crippen LogP contribution in [0.2, 0.25) is 0 Å². The van der Waals surface area contributed by atoms with Crippen LogP contribution in [-0.4, -0.2) is 56.1 Å². The third-order valence-electron chi connectivity index (χ3n) is 6.76. The van der Waals surface area contributed by atoms with Gasteiger partial charge in [-0.25, -0.2) is 8.42 Å². The molecule has 0 bridgehead atoms. The summed E-state index contributed by atoms with van der Waals surface area (Å²) >= 11 is 0. The van der Waals surface area contributed by atoms with Gasteiger partial charge in [0.05, 0.1) is 23.1 Å². The topological polar surface area (TPSA) is 94.4 Å². The van der Waals surface area contributed by atoms with Gasteiger partial charge in [0.25, 0.3) is 0 Å². The molecule has 186 valence electrons. The number of carbonyl (C=O) groups excluding carboxylic acids is 1. The van der Waals surface area contributed by atoms with Gasteiger partial charge < -0.3 is 9.80 Å². The number of nitriles is 1. The molecule has 0 atom stereocenters. The summed E-state index contributed by atoms with van der Waals surface area (Å²) in [4.78, 5) is 20.8. The average Bonchev–Trinajstić information content (AvgIpc) is 2.92. The first-order chi connectivity index (χ1) is 17.4. The first kappa shape index (κ1) is 25.4. The van der Waals surface area contributed by atoms with Crippen molar-refractivity contribution in [3.63, 3.8) is 0 Å². The molecular weight excluding hydrogens is 472 g/mol. The van der Waals surface area contributed by atoms with Gasteiger partial charge in [-0.1, -0.05) is 42.5 Å². The lowest BCUT2D eigenvalue weighted by Crippen LogP contribution is -2.46. The smallest absolute Gasteiger partial charge is 0.223 e. The van der Waals surface area contributed by atoms with Crippen LogP contribution in [0.25, 0.3) is 11.1 Å². The van der Waals surface area contributed by atoms with Gasteiger partial charge in [-0.05, 0) is 47.7 Å².